The quantitative estimate of drug-likeness (QED) is 0.533. The Balaban J connectivity index is 1.73. The highest BCUT2D eigenvalue weighted by molar-refractivity contribution is 9.10. The van der Waals surface area contributed by atoms with E-state index in [4.69, 9.17) is 14.2 Å². The first-order valence-corrected chi connectivity index (χ1v) is 8.88. The molecule has 2 aromatic carbocycles. The molecule has 0 amide bonds. The number of halogens is 1. The van der Waals surface area contributed by atoms with Gasteiger partial charge in [-0.05, 0) is 49.8 Å². The number of benzene rings is 2. The number of rotatable bonds is 5. The lowest BCUT2D eigenvalue weighted by molar-refractivity contribution is -0.149. The summed E-state index contributed by atoms with van der Waals surface area (Å²) in [6, 6.07) is 12.4. The minimum Gasteiger partial charge on any atom is -0.482 e. The topological polar surface area (TPSA) is 61.8 Å². The predicted octanol–water partition coefficient (Wildman–Crippen LogP) is 4.40. The van der Waals surface area contributed by atoms with Gasteiger partial charge in [0.15, 0.2) is 12.4 Å². The molecule has 1 heterocycles. The second-order valence-corrected chi connectivity index (χ2v) is 6.90. The highest BCUT2D eigenvalue weighted by Gasteiger charge is 2.27. The second-order valence-electron chi connectivity index (χ2n) is 5.98. The van der Waals surface area contributed by atoms with E-state index in [1.54, 1.807) is 38.1 Å². The largest absolute Gasteiger partial charge is 0.482 e. The number of ether oxygens (including phenoxy) is 3. The average Bonchev–Trinajstić information content (AvgIpc) is 2.88. The Kier molecular flexibility index (Phi) is 5.42. The molecule has 0 bridgehead atoms. The van der Waals surface area contributed by atoms with Crippen molar-refractivity contribution in [1.29, 1.82) is 0 Å². The molecule has 0 saturated heterocycles. The number of allylic oxidation sites excluding steroid dienone is 1. The van der Waals surface area contributed by atoms with Crippen LogP contribution < -0.4 is 9.47 Å². The van der Waals surface area contributed by atoms with Crippen molar-refractivity contribution in [2.24, 2.45) is 0 Å². The van der Waals surface area contributed by atoms with Gasteiger partial charge in [0.05, 0.1) is 11.7 Å². The molecule has 26 heavy (non-hydrogen) atoms. The zero-order chi connectivity index (χ0) is 18.7. The molecule has 1 aliphatic rings. The Hall–Kier alpha value is -2.60. The van der Waals surface area contributed by atoms with Gasteiger partial charge in [-0.3, -0.25) is 4.79 Å². The zero-order valence-electron chi connectivity index (χ0n) is 14.3. The maximum atomic E-state index is 12.5. The first-order valence-electron chi connectivity index (χ1n) is 8.08. The van der Waals surface area contributed by atoms with Crippen molar-refractivity contribution in [3.8, 4) is 11.5 Å². The normalized spacial score (nSPS) is 14.3. The third-order valence-electron chi connectivity index (χ3n) is 3.51. The maximum absolute atomic E-state index is 12.5. The molecule has 2 aromatic rings. The summed E-state index contributed by atoms with van der Waals surface area (Å²) in [6.45, 7) is 3.34. The van der Waals surface area contributed by atoms with Crippen LogP contribution in [0.5, 0.6) is 11.5 Å². The van der Waals surface area contributed by atoms with Gasteiger partial charge >= 0.3 is 5.97 Å². The second kappa shape index (κ2) is 7.74. The molecule has 0 fully saturated rings. The Bertz CT molecular complexity index is 886. The lowest BCUT2D eigenvalue weighted by Gasteiger charge is -2.09. The molecule has 3 rings (SSSR count). The van der Waals surface area contributed by atoms with Crippen LogP contribution in [0.25, 0.3) is 6.08 Å². The van der Waals surface area contributed by atoms with E-state index in [1.165, 1.54) is 0 Å². The van der Waals surface area contributed by atoms with Crippen molar-refractivity contribution in [3.63, 3.8) is 0 Å². The minimum absolute atomic E-state index is 0.189. The standard InChI is InChI=1S/C20H17BrO5/c1-12(2)25-19(22)11-24-15-6-7-16-17(10-15)26-18(20(16)23)9-13-4-3-5-14(21)8-13/h3-10,12H,11H2,1-2H3. The van der Waals surface area contributed by atoms with Crippen LogP contribution in [0.4, 0.5) is 0 Å². The van der Waals surface area contributed by atoms with Crippen LogP contribution in [-0.4, -0.2) is 24.5 Å². The van der Waals surface area contributed by atoms with E-state index >= 15 is 0 Å². The Morgan fingerprint density at radius 3 is 2.77 bits per heavy atom. The summed E-state index contributed by atoms with van der Waals surface area (Å²) in [5.74, 6) is 0.444. The SMILES string of the molecule is CC(C)OC(=O)COc1ccc2c(c1)OC(=Cc1cccc(Br)c1)C2=O. The van der Waals surface area contributed by atoms with E-state index in [2.05, 4.69) is 15.9 Å². The van der Waals surface area contributed by atoms with Gasteiger partial charge in [-0.1, -0.05) is 28.1 Å². The summed E-state index contributed by atoms with van der Waals surface area (Å²) in [4.78, 5) is 24.0. The summed E-state index contributed by atoms with van der Waals surface area (Å²) in [5.41, 5.74) is 1.31. The summed E-state index contributed by atoms with van der Waals surface area (Å²) in [5, 5.41) is 0. The molecule has 0 aliphatic carbocycles. The third kappa shape index (κ3) is 4.32. The van der Waals surface area contributed by atoms with Crippen LogP contribution in [0.3, 0.4) is 0 Å². The van der Waals surface area contributed by atoms with Crippen LogP contribution in [0.15, 0.2) is 52.7 Å². The lowest BCUT2D eigenvalue weighted by atomic mass is 10.1. The van der Waals surface area contributed by atoms with Crippen molar-refractivity contribution >= 4 is 33.8 Å². The number of hydrogen-bond acceptors (Lipinski definition) is 5. The fourth-order valence-electron chi connectivity index (χ4n) is 2.44. The van der Waals surface area contributed by atoms with E-state index < -0.39 is 5.97 Å². The van der Waals surface area contributed by atoms with Gasteiger partial charge in [0, 0.05) is 10.5 Å². The minimum atomic E-state index is -0.451. The van der Waals surface area contributed by atoms with E-state index in [0.717, 1.165) is 10.0 Å². The Morgan fingerprint density at radius 1 is 1.23 bits per heavy atom. The van der Waals surface area contributed by atoms with Crippen LogP contribution in [-0.2, 0) is 9.53 Å². The van der Waals surface area contributed by atoms with Crippen molar-refractivity contribution in [2.75, 3.05) is 6.61 Å². The van der Waals surface area contributed by atoms with E-state index in [-0.39, 0.29) is 24.3 Å². The molecule has 0 unspecified atom stereocenters. The molecule has 0 aromatic heterocycles. The molecular formula is C20H17BrO5. The monoisotopic (exact) mass is 416 g/mol. The van der Waals surface area contributed by atoms with Gasteiger partial charge in [0.25, 0.3) is 0 Å². The number of fused-ring (bicyclic) bond motifs is 1. The summed E-state index contributed by atoms with van der Waals surface area (Å²) < 4.78 is 17.0. The van der Waals surface area contributed by atoms with E-state index in [9.17, 15) is 9.59 Å². The third-order valence-corrected chi connectivity index (χ3v) is 4.00. The first kappa shape index (κ1) is 18.2. The van der Waals surface area contributed by atoms with Gasteiger partial charge < -0.3 is 14.2 Å². The maximum Gasteiger partial charge on any atom is 0.344 e. The van der Waals surface area contributed by atoms with Gasteiger partial charge in [0.1, 0.15) is 11.5 Å². The number of carbonyl (C=O) groups excluding carboxylic acids is 2. The number of hydrogen-bond donors (Lipinski definition) is 0. The molecule has 134 valence electrons. The van der Waals surface area contributed by atoms with Gasteiger partial charge in [-0.25, -0.2) is 4.79 Å². The molecular weight excluding hydrogens is 400 g/mol. The molecule has 5 nitrogen and oxygen atoms in total. The van der Waals surface area contributed by atoms with Crippen LogP contribution in [0.2, 0.25) is 0 Å². The van der Waals surface area contributed by atoms with E-state index in [1.807, 2.05) is 24.3 Å². The molecule has 1 aliphatic heterocycles. The average molecular weight is 417 g/mol. The predicted molar refractivity (Wildman–Crippen MR) is 100 cm³/mol. The highest BCUT2D eigenvalue weighted by atomic mass is 79.9. The number of ketones is 1. The lowest BCUT2D eigenvalue weighted by Crippen LogP contribution is -2.18. The molecule has 0 saturated carbocycles. The fourth-order valence-corrected chi connectivity index (χ4v) is 2.86. The van der Waals surface area contributed by atoms with Gasteiger partial charge in [-0.15, -0.1) is 0 Å². The Labute approximate surface area is 159 Å². The summed E-state index contributed by atoms with van der Waals surface area (Å²) in [7, 11) is 0. The fraction of sp³-hybridized carbons (Fsp3) is 0.200. The summed E-state index contributed by atoms with van der Waals surface area (Å²) >= 11 is 3.40. The van der Waals surface area contributed by atoms with Crippen molar-refractivity contribution in [3.05, 3.63) is 63.8 Å². The summed E-state index contributed by atoms with van der Waals surface area (Å²) in [6.07, 6.45) is 1.49. The van der Waals surface area contributed by atoms with Crippen LogP contribution in [0, 0.1) is 0 Å². The van der Waals surface area contributed by atoms with Crippen molar-refractivity contribution < 1.29 is 23.8 Å². The Morgan fingerprint density at radius 2 is 2.04 bits per heavy atom. The number of Topliss-reactive ketones (excluding diaryl/α,β-unsaturated/α-hetero) is 1. The molecule has 0 N–H and O–H groups in total. The molecule has 0 radical (unpaired) electrons. The van der Waals surface area contributed by atoms with Crippen molar-refractivity contribution in [2.45, 2.75) is 20.0 Å². The zero-order valence-corrected chi connectivity index (χ0v) is 15.9. The van der Waals surface area contributed by atoms with Gasteiger partial charge in [-0.2, -0.15) is 0 Å². The molecule has 0 spiro atoms. The van der Waals surface area contributed by atoms with Crippen molar-refractivity contribution in [1.82, 2.24) is 0 Å². The number of esters is 1. The van der Waals surface area contributed by atoms with Crippen LogP contribution in [0.1, 0.15) is 29.8 Å². The smallest absolute Gasteiger partial charge is 0.344 e. The molecule has 6 heteroatoms. The van der Waals surface area contributed by atoms with Gasteiger partial charge in [0.2, 0.25) is 5.78 Å². The molecule has 0 atom stereocenters. The van der Waals surface area contributed by atoms with Crippen LogP contribution >= 0.6 is 15.9 Å². The number of carbonyl (C=O) groups is 2. The first-order chi connectivity index (χ1) is 12.4. The highest BCUT2D eigenvalue weighted by Crippen LogP contribution is 2.35. The van der Waals surface area contributed by atoms with E-state index in [0.29, 0.717) is 17.1 Å².